The van der Waals surface area contributed by atoms with E-state index in [4.69, 9.17) is 9.72 Å². The Kier molecular flexibility index (Phi) is 5.77. The lowest BCUT2D eigenvalue weighted by molar-refractivity contribution is 0.188. The Labute approximate surface area is 216 Å². The minimum Gasteiger partial charge on any atom is -0.462 e. The van der Waals surface area contributed by atoms with Crippen LogP contribution in [-0.4, -0.2) is 79.4 Å². The van der Waals surface area contributed by atoms with Gasteiger partial charge in [-0.05, 0) is 63.5 Å². The molecule has 4 aliphatic heterocycles. The van der Waals surface area contributed by atoms with Crippen LogP contribution in [0.3, 0.4) is 0 Å². The predicted octanol–water partition coefficient (Wildman–Crippen LogP) is 3.75. The van der Waals surface area contributed by atoms with E-state index in [9.17, 15) is 0 Å². The lowest BCUT2D eigenvalue weighted by Gasteiger charge is -2.35. The molecule has 37 heavy (non-hydrogen) atoms. The van der Waals surface area contributed by atoms with E-state index in [1.165, 1.54) is 19.3 Å². The van der Waals surface area contributed by atoms with Gasteiger partial charge in [-0.1, -0.05) is 12.1 Å². The molecule has 7 rings (SSSR count). The molecule has 0 radical (unpaired) electrons. The van der Waals surface area contributed by atoms with Gasteiger partial charge in [0.15, 0.2) is 5.82 Å². The molecule has 1 aromatic heterocycles. The maximum Gasteiger partial charge on any atom is 0.319 e. The number of ether oxygens (including phenoxy) is 1. The third-order valence-corrected chi connectivity index (χ3v) is 8.47. The predicted molar refractivity (Wildman–Crippen MR) is 145 cm³/mol. The van der Waals surface area contributed by atoms with Crippen molar-refractivity contribution in [1.29, 1.82) is 0 Å². The number of hydrogen-bond donors (Lipinski definition) is 2. The van der Waals surface area contributed by atoms with Crippen LogP contribution in [0.15, 0.2) is 36.4 Å². The molecule has 4 aliphatic rings. The molecule has 2 N–H and O–H groups in total. The number of anilines is 4. The summed E-state index contributed by atoms with van der Waals surface area (Å²) in [7, 11) is 2.13. The van der Waals surface area contributed by atoms with Crippen LogP contribution < -0.4 is 25.2 Å². The molecule has 8 nitrogen and oxygen atoms in total. The van der Waals surface area contributed by atoms with Crippen molar-refractivity contribution in [3.8, 4) is 6.01 Å². The molecule has 3 atom stereocenters. The quantitative estimate of drug-likeness (QED) is 0.546. The van der Waals surface area contributed by atoms with Crippen molar-refractivity contribution in [2.24, 2.45) is 0 Å². The van der Waals surface area contributed by atoms with Gasteiger partial charge in [0.25, 0.3) is 0 Å². The zero-order valence-corrected chi connectivity index (χ0v) is 21.3. The molecule has 0 saturated carbocycles. The van der Waals surface area contributed by atoms with Gasteiger partial charge in [0.1, 0.15) is 17.9 Å². The number of fused-ring (bicyclic) bond motifs is 4. The van der Waals surface area contributed by atoms with Crippen molar-refractivity contribution < 1.29 is 9.13 Å². The third kappa shape index (κ3) is 4.14. The number of likely N-dealkylation sites (N-methyl/N-ethyl adjacent to an activating group) is 1. The second-order valence-corrected chi connectivity index (χ2v) is 10.9. The number of piperazine rings is 1. The Morgan fingerprint density at radius 3 is 2.65 bits per heavy atom. The zero-order chi connectivity index (χ0) is 24.9. The first-order valence-electron chi connectivity index (χ1n) is 13.6. The largest absolute Gasteiger partial charge is 0.462 e. The fourth-order valence-electron chi connectivity index (χ4n) is 6.49. The van der Waals surface area contributed by atoms with Crippen molar-refractivity contribution in [2.75, 3.05) is 61.5 Å². The topological polar surface area (TPSA) is 68.8 Å². The number of para-hydroxylation sites is 2. The van der Waals surface area contributed by atoms with Gasteiger partial charge in [0, 0.05) is 49.7 Å². The summed E-state index contributed by atoms with van der Waals surface area (Å²) >= 11 is 0. The van der Waals surface area contributed by atoms with Crippen LogP contribution in [0.2, 0.25) is 0 Å². The van der Waals surface area contributed by atoms with Crippen LogP contribution in [0.25, 0.3) is 10.9 Å². The maximum absolute atomic E-state index is 16.4. The van der Waals surface area contributed by atoms with E-state index in [2.05, 4.69) is 32.5 Å². The van der Waals surface area contributed by atoms with Crippen LogP contribution in [0, 0.1) is 5.82 Å². The Bertz CT molecular complexity index is 1310. The van der Waals surface area contributed by atoms with Gasteiger partial charge in [-0.25, -0.2) is 4.39 Å². The average Bonchev–Trinajstić information content (AvgIpc) is 3.50. The summed E-state index contributed by atoms with van der Waals surface area (Å²) in [6.45, 7) is 4.74. The number of benzene rings is 2. The summed E-state index contributed by atoms with van der Waals surface area (Å²) in [5, 5.41) is 7.85. The van der Waals surface area contributed by atoms with Crippen molar-refractivity contribution in [1.82, 2.24) is 20.2 Å². The molecular weight excluding hydrogens is 469 g/mol. The molecule has 2 bridgehead atoms. The molecule has 2 aromatic carbocycles. The first-order valence-corrected chi connectivity index (χ1v) is 13.6. The van der Waals surface area contributed by atoms with Crippen LogP contribution in [0.5, 0.6) is 6.01 Å². The van der Waals surface area contributed by atoms with Crippen LogP contribution in [0.4, 0.5) is 27.3 Å². The highest BCUT2D eigenvalue weighted by atomic mass is 19.1. The molecule has 0 aliphatic carbocycles. The standard InChI is InChI=1S/C28H34FN7O/c1-34-13-4-5-20(34)17-37-28-32-26-21(27(33-28)35-15-18-8-9-19(16-35)31-18)10-11-24(25(26)29)36-14-12-30-22-6-2-3-7-23(22)36/h2-3,6-7,10-11,18-20,30-31H,4-5,8-9,12-17H2,1H3/t18-,19+,20-/m0/s1. The Morgan fingerprint density at radius 1 is 1.00 bits per heavy atom. The number of likely N-dealkylation sites (tertiary alicyclic amines) is 1. The second kappa shape index (κ2) is 9.29. The smallest absolute Gasteiger partial charge is 0.319 e. The summed E-state index contributed by atoms with van der Waals surface area (Å²) in [5.74, 6) is 0.461. The molecule has 0 amide bonds. The molecule has 194 valence electrons. The summed E-state index contributed by atoms with van der Waals surface area (Å²) in [4.78, 5) is 16.2. The first-order chi connectivity index (χ1) is 18.1. The number of nitrogens with one attached hydrogen (secondary N) is 2. The number of halogens is 1. The van der Waals surface area contributed by atoms with Crippen molar-refractivity contribution in [2.45, 2.75) is 43.8 Å². The summed E-state index contributed by atoms with van der Waals surface area (Å²) < 4.78 is 22.6. The highest BCUT2D eigenvalue weighted by Gasteiger charge is 2.34. The van der Waals surface area contributed by atoms with Gasteiger partial charge in [0.05, 0.1) is 17.1 Å². The molecule has 3 aromatic rings. The molecular formula is C28H34FN7O. The highest BCUT2D eigenvalue weighted by molar-refractivity contribution is 5.94. The minimum absolute atomic E-state index is 0.269. The van der Waals surface area contributed by atoms with Crippen LogP contribution in [-0.2, 0) is 0 Å². The lowest BCUT2D eigenvalue weighted by Crippen LogP contribution is -2.51. The van der Waals surface area contributed by atoms with E-state index in [0.717, 1.165) is 55.2 Å². The van der Waals surface area contributed by atoms with E-state index in [0.29, 0.717) is 42.5 Å². The number of hydrogen-bond acceptors (Lipinski definition) is 8. The van der Waals surface area contributed by atoms with E-state index >= 15 is 4.39 Å². The normalized spacial score (nSPS) is 25.4. The van der Waals surface area contributed by atoms with Crippen LogP contribution >= 0.6 is 0 Å². The molecule has 0 spiro atoms. The molecule has 3 fully saturated rings. The zero-order valence-electron chi connectivity index (χ0n) is 21.3. The van der Waals surface area contributed by atoms with Gasteiger partial charge >= 0.3 is 6.01 Å². The summed E-state index contributed by atoms with van der Waals surface area (Å²) in [6, 6.07) is 13.4. The number of rotatable bonds is 5. The minimum atomic E-state index is -0.321. The lowest BCUT2D eigenvalue weighted by atomic mass is 10.1. The van der Waals surface area contributed by atoms with Gasteiger partial charge in [-0.3, -0.25) is 0 Å². The van der Waals surface area contributed by atoms with E-state index < -0.39 is 0 Å². The SMILES string of the molecule is CN1CCC[C@H]1COc1nc(N2C[C@H]3CC[C@@H](C2)N3)c2ccc(N3CCNc4ccccc43)c(F)c2n1. The van der Waals surface area contributed by atoms with Crippen molar-refractivity contribution >= 4 is 33.8 Å². The monoisotopic (exact) mass is 503 g/mol. The van der Waals surface area contributed by atoms with Crippen molar-refractivity contribution in [3.05, 3.63) is 42.2 Å². The molecule has 9 heteroatoms. The van der Waals surface area contributed by atoms with E-state index in [-0.39, 0.29) is 11.8 Å². The van der Waals surface area contributed by atoms with Gasteiger partial charge in [0.2, 0.25) is 0 Å². The first kappa shape index (κ1) is 23.0. The maximum atomic E-state index is 16.4. The number of nitrogens with zero attached hydrogens (tertiary/aromatic N) is 5. The van der Waals surface area contributed by atoms with Crippen LogP contribution in [0.1, 0.15) is 25.7 Å². The fraction of sp³-hybridized carbons (Fsp3) is 0.500. The second-order valence-electron chi connectivity index (χ2n) is 10.9. The summed E-state index contributed by atoms with van der Waals surface area (Å²) in [5.41, 5.74) is 2.85. The Hall–Kier alpha value is -3.17. The van der Waals surface area contributed by atoms with E-state index in [1.807, 2.05) is 41.3 Å². The average molecular weight is 504 g/mol. The van der Waals surface area contributed by atoms with Gasteiger partial charge in [-0.2, -0.15) is 9.97 Å². The summed E-state index contributed by atoms with van der Waals surface area (Å²) in [6.07, 6.45) is 4.60. The molecule has 0 unspecified atom stereocenters. The molecule has 5 heterocycles. The van der Waals surface area contributed by atoms with Gasteiger partial charge < -0.3 is 30.1 Å². The van der Waals surface area contributed by atoms with Gasteiger partial charge in [-0.15, -0.1) is 0 Å². The van der Waals surface area contributed by atoms with Crippen molar-refractivity contribution in [3.63, 3.8) is 0 Å². The molecule has 3 saturated heterocycles. The van der Waals surface area contributed by atoms with E-state index in [1.54, 1.807) is 0 Å². The third-order valence-electron chi connectivity index (χ3n) is 8.47. The number of aromatic nitrogens is 2. The highest BCUT2D eigenvalue weighted by Crippen LogP contribution is 2.39. The fourth-order valence-corrected chi connectivity index (χ4v) is 6.49. The Balaban J connectivity index is 1.30. The Morgan fingerprint density at radius 2 is 1.84 bits per heavy atom.